The van der Waals surface area contributed by atoms with Crippen LogP contribution in [0.3, 0.4) is 0 Å². The van der Waals surface area contributed by atoms with E-state index in [0.717, 1.165) is 16.6 Å². The van der Waals surface area contributed by atoms with E-state index in [4.69, 9.17) is 16.7 Å². The van der Waals surface area contributed by atoms with E-state index in [2.05, 4.69) is 20.7 Å². The number of anilines is 1. The van der Waals surface area contributed by atoms with Gasteiger partial charge >= 0.3 is 0 Å². The molecule has 74 valence electrons. The Kier molecular flexibility index (Phi) is 2.60. The molecule has 14 heavy (non-hydrogen) atoms. The van der Waals surface area contributed by atoms with Crippen LogP contribution in [0.1, 0.15) is 11.5 Å². The van der Waals surface area contributed by atoms with Gasteiger partial charge in [-0.05, 0) is 19.1 Å². The molecule has 0 aliphatic carbocycles. The van der Waals surface area contributed by atoms with Crippen molar-refractivity contribution in [1.29, 1.82) is 0 Å². The summed E-state index contributed by atoms with van der Waals surface area (Å²) < 4.78 is 5.67. The van der Waals surface area contributed by atoms with Gasteiger partial charge in [0, 0.05) is 6.07 Å². The van der Waals surface area contributed by atoms with Crippen LogP contribution < -0.4 is 5.32 Å². The molecular weight excluding hydrogens is 220 g/mol. The second-order valence-electron chi connectivity index (χ2n) is 2.71. The highest BCUT2D eigenvalue weighted by Gasteiger charge is 2.01. The Labute approximate surface area is 89.1 Å². The molecule has 2 rings (SSSR count). The van der Waals surface area contributed by atoms with Crippen LogP contribution in [0.5, 0.6) is 0 Å². The van der Waals surface area contributed by atoms with Crippen LogP contribution >= 0.6 is 23.6 Å². The van der Waals surface area contributed by atoms with Crippen LogP contribution in [0.25, 0.3) is 0 Å². The Balaban J connectivity index is 1.98. The van der Waals surface area contributed by atoms with E-state index in [1.54, 1.807) is 0 Å². The normalized spacial score (nSPS) is 10.4. The van der Waals surface area contributed by atoms with Crippen molar-refractivity contribution >= 4 is 28.7 Å². The van der Waals surface area contributed by atoms with Gasteiger partial charge in [0.25, 0.3) is 0 Å². The number of aromatic amines is 1. The maximum atomic E-state index is 5.02. The summed E-state index contributed by atoms with van der Waals surface area (Å²) >= 11 is 6.28. The average Bonchev–Trinajstić information content (AvgIpc) is 2.72. The van der Waals surface area contributed by atoms with Gasteiger partial charge in [-0.25, -0.2) is 0 Å². The third-order valence-corrected chi connectivity index (χ3v) is 2.58. The van der Waals surface area contributed by atoms with E-state index in [1.807, 2.05) is 13.0 Å². The average molecular weight is 228 g/mol. The quantitative estimate of drug-likeness (QED) is 0.787. The zero-order chi connectivity index (χ0) is 9.97. The van der Waals surface area contributed by atoms with Crippen molar-refractivity contribution in [2.45, 2.75) is 13.5 Å². The van der Waals surface area contributed by atoms with Crippen LogP contribution in [-0.2, 0) is 6.54 Å². The number of H-pyrrole nitrogens is 1. The molecule has 2 aromatic rings. The molecular formula is C7H8N4OS2. The van der Waals surface area contributed by atoms with Crippen molar-refractivity contribution in [2.24, 2.45) is 0 Å². The Hall–Kier alpha value is -1.21. The van der Waals surface area contributed by atoms with Crippen LogP contribution in [0.4, 0.5) is 5.13 Å². The van der Waals surface area contributed by atoms with Gasteiger partial charge in [-0.2, -0.15) is 0 Å². The number of nitrogens with one attached hydrogen (secondary N) is 2. The Morgan fingerprint density at radius 1 is 1.71 bits per heavy atom. The fraction of sp³-hybridized carbons (Fsp3) is 0.286. The predicted octanol–water partition coefficient (Wildman–Crippen LogP) is 2.11. The largest absolute Gasteiger partial charge is 0.359 e. The van der Waals surface area contributed by atoms with Gasteiger partial charge in [0.2, 0.25) is 5.13 Å². The van der Waals surface area contributed by atoms with Crippen LogP contribution in [-0.4, -0.2) is 15.4 Å². The number of hydrogen-bond acceptors (Lipinski definition) is 6. The summed E-state index contributed by atoms with van der Waals surface area (Å²) in [5.41, 5.74) is 0.872. The molecule has 0 atom stereocenters. The third-order valence-electron chi connectivity index (χ3n) is 1.53. The minimum absolute atomic E-state index is 0.566. The monoisotopic (exact) mass is 228 g/mol. The zero-order valence-electron chi connectivity index (χ0n) is 7.40. The predicted molar refractivity (Wildman–Crippen MR) is 55.9 cm³/mol. The smallest absolute Gasteiger partial charge is 0.204 e. The Morgan fingerprint density at radius 2 is 2.57 bits per heavy atom. The maximum Gasteiger partial charge on any atom is 0.204 e. The molecule has 0 fully saturated rings. The summed E-state index contributed by atoms with van der Waals surface area (Å²) in [6.45, 7) is 2.45. The van der Waals surface area contributed by atoms with E-state index in [9.17, 15) is 0 Å². The van der Waals surface area contributed by atoms with Crippen molar-refractivity contribution < 1.29 is 4.52 Å². The lowest BCUT2D eigenvalue weighted by Gasteiger charge is -1.95. The molecule has 0 aliphatic heterocycles. The van der Waals surface area contributed by atoms with E-state index in [-0.39, 0.29) is 0 Å². The second-order valence-corrected chi connectivity index (χ2v) is 4.37. The molecule has 0 aromatic carbocycles. The van der Waals surface area contributed by atoms with Crippen LogP contribution in [0.2, 0.25) is 0 Å². The standard InChI is InChI=1S/C7H8N4OS2/c1-4-2-5(12-11-4)3-8-6-9-10-7(13)14-6/h2H,3H2,1H3,(H,8,9)(H,10,13). The molecule has 0 unspecified atom stereocenters. The summed E-state index contributed by atoms with van der Waals surface area (Å²) in [7, 11) is 0. The first-order chi connectivity index (χ1) is 6.74. The van der Waals surface area contributed by atoms with E-state index >= 15 is 0 Å². The van der Waals surface area contributed by atoms with Crippen molar-refractivity contribution in [2.75, 3.05) is 5.32 Å². The fourth-order valence-corrected chi connectivity index (χ4v) is 1.75. The summed E-state index contributed by atoms with van der Waals surface area (Å²) in [4.78, 5) is 0. The molecule has 0 aliphatic rings. The Bertz CT molecular complexity index is 472. The van der Waals surface area contributed by atoms with Crippen LogP contribution in [0, 0.1) is 10.9 Å². The van der Waals surface area contributed by atoms with Gasteiger partial charge in [-0.3, -0.25) is 5.10 Å². The first-order valence-corrected chi connectivity index (χ1v) is 5.18. The zero-order valence-corrected chi connectivity index (χ0v) is 9.04. The van der Waals surface area contributed by atoms with E-state index in [0.29, 0.717) is 10.5 Å². The minimum atomic E-state index is 0.566. The summed E-state index contributed by atoms with van der Waals surface area (Å²) in [5, 5.41) is 14.2. The number of rotatable bonds is 3. The molecule has 2 aromatic heterocycles. The lowest BCUT2D eigenvalue weighted by atomic mass is 10.4. The van der Waals surface area contributed by atoms with E-state index in [1.165, 1.54) is 11.3 Å². The van der Waals surface area contributed by atoms with Crippen molar-refractivity contribution in [3.63, 3.8) is 0 Å². The SMILES string of the molecule is Cc1cc(CNc2n[nH]c(=S)s2)on1. The highest BCUT2D eigenvalue weighted by atomic mass is 32.1. The van der Waals surface area contributed by atoms with Gasteiger partial charge in [-0.15, -0.1) is 5.10 Å². The van der Waals surface area contributed by atoms with Crippen molar-refractivity contribution in [3.05, 3.63) is 21.5 Å². The molecule has 0 spiro atoms. The molecule has 2 N–H and O–H groups in total. The number of nitrogens with zero attached hydrogens (tertiary/aromatic N) is 2. The van der Waals surface area contributed by atoms with Gasteiger partial charge in [0.1, 0.15) is 0 Å². The first-order valence-electron chi connectivity index (χ1n) is 3.95. The van der Waals surface area contributed by atoms with Gasteiger partial charge < -0.3 is 9.84 Å². The summed E-state index contributed by atoms with van der Waals surface area (Å²) in [6, 6.07) is 1.87. The molecule has 5 nitrogen and oxygen atoms in total. The van der Waals surface area contributed by atoms with Gasteiger partial charge in [-0.1, -0.05) is 16.5 Å². The third kappa shape index (κ3) is 2.18. The highest BCUT2D eigenvalue weighted by Crippen LogP contribution is 2.12. The number of aryl methyl sites for hydroxylation is 1. The molecule has 0 amide bonds. The summed E-state index contributed by atoms with van der Waals surface area (Å²) in [6.07, 6.45) is 0. The number of hydrogen-bond donors (Lipinski definition) is 2. The topological polar surface area (TPSA) is 66.7 Å². The molecule has 0 radical (unpaired) electrons. The van der Waals surface area contributed by atoms with E-state index < -0.39 is 0 Å². The molecule has 0 saturated heterocycles. The second kappa shape index (κ2) is 3.89. The van der Waals surface area contributed by atoms with Crippen molar-refractivity contribution in [1.82, 2.24) is 15.4 Å². The first kappa shape index (κ1) is 9.35. The molecule has 0 saturated carbocycles. The van der Waals surface area contributed by atoms with Gasteiger partial charge in [0.05, 0.1) is 12.2 Å². The Morgan fingerprint density at radius 3 is 3.14 bits per heavy atom. The lowest BCUT2D eigenvalue weighted by Crippen LogP contribution is -1.97. The number of aromatic nitrogens is 3. The summed E-state index contributed by atoms with van der Waals surface area (Å²) in [5.74, 6) is 0.781. The fourth-order valence-electron chi connectivity index (χ4n) is 0.968. The lowest BCUT2D eigenvalue weighted by molar-refractivity contribution is 0.384. The van der Waals surface area contributed by atoms with Crippen LogP contribution in [0.15, 0.2) is 10.6 Å². The molecule has 7 heteroatoms. The maximum absolute atomic E-state index is 5.02. The molecule has 2 heterocycles. The van der Waals surface area contributed by atoms with Crippen molar-refractivity contribution in [3.8, 4) is 0 Å². The molecule has 0 bridgehead atoms. The van der Waals surface area contributed by atoms with Gasteiger partial charge in [0.15, 0.2) is 9.71 Å². The highest BCUT2D eigenvalue weighted by molar-refractivity contribution is 7.73. The minimum Gasteiger partial charge on any atom is -0.359 e.